The third-order valence-electron chi connectivity index (χ3n) is 2.62. The van der Waals surface area contributed by atoms with E-state index in [1.807, 2.05) is 13.8 Å². The van der Waals surface area contributed by atoms with E-state index < -0.39 is 9.05 Å². The van der Waals surface area contributed by atoms with Crippen LogP contribution in [-0.4, -0.2) is 20.8 Å². The largest absolute Gasteiger partial charge is 0.493 e. The van der Waals surface area contributed by atoms with Crippen molar-refractivity contribution in [2.75, 3.05) is 12.4 Å². The summed E-state index contributed by atoms with van der Waals surface area (Å²) in [6.07, 6.45) is 1.09. The van der Waals surface area contributed by atoms with Crippen LogP contribution in [0.3, 0.4) is 0 Å². The van der Waals surface area contributed by atoms with Crippen LogP contribution in [0.2, 0.25) is 0 Å². The maximum absolute atomic E-state index is 10.7. The number of nitriles is 1. The summed E-state index contributed by atoms with van der Waals surface area (Å²) >= 11 is 0. The number of nitrogens with zero attached hydrogens (tertiary/aromatic N) is 1. The molecule has 19 heavy (non-hydrogen) atoms. The van der Waals surface area contributed by atoms with E-state index in [-0.39, 0.29) is 5.75 Å². The normalized spacial score (nSPS) is 11.1. The molecule has 0 fully saturated rings. The minimum absolute atomic E-state index is 0.0384. The van der Waals surface area contributed by atoms with Crippen LogP contribution in [-0.2, 0) is 9.05 Å². The summed E-state index contributed by atoms with van der Waals surface area (Å²) in [7, 11) is 1.70. The number of aryl methyl sites for hydroxylation is 2. The molecule has 1 rings (SSSR count). The quantitative estimate of drug-likeness (QED) is 0.598. The molecule has 0 radical (unpaired) electrons. The second kappa shape index (κ2) is 6.78. The molecule has 1 aromatic carbocycles. The molecule has 0 saturated heterocycles. The van der Waals surface area contributed by atoms with E-state index in [1.54, 1.807) is 12.1 Å². The summed E-state index contributed by atoms with van der Waals surface area (Å²) in [6, 6.07) is 5.63. The van der Waals surface area contributed by atoms with Crippen molar-refractivity contribution in [2.45, 2.75) is 26.7 Å². The number of rotatable bonds is 6. The molecule has 6 heteroatoms. The van der Waals surface area contributed by atoms with Gasteiger partial charge in [0, 0.05) is 10.7 Å². The summed E-state index contributed by atoms with van der Waals surface area (Å²) in [5.41, 5.74) is 2.42. The van der Waals surface area contributed by atoms with Crippen LogP contribution in [0.15, 0.2) is 12.1 Å². The minimum Gasteiger partial charge on any atom is -0.493 e. The zero-order chi connectivity index (χ0) is 14.5. The number of halogens is 1. The monoisotopic (exact) mass is 301 g/mol. The lowest BCUT2D eigenvalue weighted by Gasteiger charge is -2.12. The highest BCUT2D eigenvalue weighted by atomic mass is 35.7. The summed E-state index contributed by atoms with van der Waals surface area (Å²) < 4.78 is 27.1. The SMILES string of the molecule is Cc1cc(C#N)cc(C)c1OCCCCS(=O)(=O)Cl. The van der Waals surface area contributed by atoms with Crippen LogP contribution in [0.5, 0.6) is 5.75 Å². The molecule has 104 valence electrons. The molecule has 0 amide bonds. The van der Waals surface area contributed by atoms with Gasteiger partial charge in [0.05, 0.1) is 24.0 Å². The Labute approximate surface area is 118 Å². The topological polar surface area (TPSA) is 67.2 Å². The maximum Gasteiger partial charge on any atom is 0.232 e. The molecule has 0 bridgehead atoms. The smallest absolute Gasteiger partial charge is 0.232 e. The van der Waals surface area contributed by atoms with Gasteiger partial charge in [-0.3, -0.25) is 0 Å². The fourth-order valence-electron chi connectivity index (χ4n) is 1.79. The highest BCUT2D eigenvalue weighted by Gasteiger charge is 2.07. The van der Waals surface area contributed by atoms with Gasteiger partial charge in [0.15, 0.2) is 0 Å². The molecule has 0 aliphatic rings. The van der Waals surface area contributed by atoms with E-state index in [1.165, 1.54) is 0 Å². The van der Waals surface area contributed by atoms with Gasteiger partial charge in [-0.2, -0.15) is 5.26 Å². The lowest BCUT2D eigenvalue weighted by Crippen LogP contribution is -2.04. The molecular weight excluding hydrogens is 286 g/mol. The summed E-state index contributed by atoms with van der Waals surface area (Å²) in [5, 5.41) is 8.84. The van der Waals surface area contributed by atoms with Gasteiger partial charge in [-0.1, -0.05) is 0 Å². The van der Waals surface area contributed by atoms with Crippen molar-refractivity contribution in [3.05, 3.63) is 28.8 Å². The van der Waals surface area contributed by atoms with Crippen LogP contribution in [0.25, 0.3) is 0 Å². The first-order valence-corrected chi connectivity index (χ1v) is 8.38. The summed E-state index contributed by atoms with van der Waals surface area (Å²) in [5.74, 6) is 0.719. The third-order valence-corrected chi connectivity index (χ3v) is 3.86. The van der Waals surface area contributed by atoms with E-state index in [4.69, 9.17) is 20.7 Å². The van der Waals surface area contributed by atoms with Gasteiger partial charge in [0.25, 0.3) is 0 Å². The van der Waals surface area contributed by atoms with Crippen molar-refractivity contribution in [3.63, 3.8) is 0 Å². The maximum atomic E-state index is 10.7. The first-order chi connectivity index (χ1) is 8.83. The highest BCUT2D eigenvalue weighted by molar-refractivity contribution is 8.13. The first kappa shape index (κ1) is 15.8. The van der Waals surface area contributed by atoms with Crippen molar-refractivity contribution in [2.24, 2.45) is 0 Å². The lowest BCUT2D eigenvalue weighted by molar-refractivity contribution is 0.305. The van der Waals surface area contributed by atoms with Gasteiger partial charge in [-0.25, -0.2) is 8.42 Å². The average molecular weight is 302 g/mol. The molecule has 0 unspecified atom stereocenters. The number of hydrogen-bond donors (Lipinski definition) is 0. The first-order valence-electron chi connectivity index (χ1n) is 5.90. The van der Waals surface area contributed by atoms with Gasteiger partial charge < -0.3 is 4.74 Å². The van der Waals surface area contributed by atoms with Crippen molar-refractivity contribution < 1.29 is 13.2 Å². The Kier molecular flexibility index (Phi) is 5.64. The van der Waals surface area contributed by atoms with E-state index in [9.17, 15) is 8.42 Å². The molecule has 0 aliphatic heterocycles. The van der Waals surface area contributed by atoms with E-state index >= 15 is 0 Å². The number of benzene rings is 1. The molecule has 0 spiro atoms. The predicted molar refractivity (Wildman–Crippen MR) is 75.0 cm³/mol. The molecule has 0 saturated carbocycles. The summed E-state index contributed by atoms with van der Waals surface area (Å²) in [6.45, 7) is 4.19. The zero-order valence-corrected chi connectivity index (χ0v) is 12.5. The minimum atomic E-state index is -3.41. The second-order valence-electron chi connectivity index (χ2n) is 4.35. The van der Waals surface area contributed by atoms with Crippen LogP contribution in [0.4, 0.5) is 0 Å². The van der Waals surface area contributed by atoms with E-state index in [0.717, 1.165) is 16.9 Å². The molecule has 4 nitrogen and oxygen atoms in total. The number of hydrogen-bond acceptors (Lipinski definition) is 4. The predicted octanol–water partition coefficient (Wildman–Crippen LogP) is 2.90. The molecule has 0 heterocycles. The number of ether oxygens (including phenoxy) is 1. The number of unbranched alkanes of at least 4 members (excludes halogenated alkanes) is 1. The Morgan fingerprint density at radius 2 is 1.84 bits per heavy atom. The van der Waals surface area contributed by atoms with Crippen molar-refractivity contribution >= 4 is 19.7 Å². The third kappa shape index (κ3) is 5.50. The Balaban J connectivity index is 2.53. The van der Waals surface area contributed by atoms with Gasteiger partial charge in [-0.05, 0) is 49.9 Å². The second-order valence-corrected chi connectivity index (χ2v) is 7.25. The summed E-state index contributed by atoms with van der Waals surface area (Å²) in [4.78, 5) is 0. The van der Waals surface area contributed by atoms with Crippen molar-refractivity contribution in [3.8, 4) is 11.8 Å². The Hall–Kier alpha value is -1.25. The van der Waals surface area contributed by atoms with E-state index in [0.29, 0.717) is 25.0 Å². The van der Waals surface area contributed by atoms with Gasteiger partial charge in [0.1, 0.15) is 5.75 Å². The van der Waals surface area contributed by atoms with Crippen LogP contribution >= 0.6 is 10.7 Å². The Morgan fingerprint density at radius 3 is 2.32 bits per heavy atom. The molecule has 0 N–H and O–H groups in total. The Bertz CT molecular complexity index is 567. The molecule has 0 aromatic heterocycles. The molecular formula is C13H16ClNO3S. The van der Waals surface area contributed by atoms with Crippen molar-refractivity contribution in [1.29, 1.82) is 5.26 Å². The average Bonchev–Trinajstić information content (AvgIpc) is 2.30. The molecule has 0 atom stereocenters. The zero-order valence-electron chi connectivity index (χ0n) is 10.9. The molecule has 0 aliphatic carbocycles. The van der Waals surface area contributed by atoms with Gasteiger partial charge in [-0.15, -0.1) is 0 Å². The fraction of sp³-hybridized carbons (Fsp3) is 0.462. The van der Waals surface area contributed by atoms with E-state index in [2.05, 4.69) is 6.07 Å². The van der Waals surface area contributed by atoms with Crippen LogP contribution in [0, 0.1) is 25.2 Å². The van der Waals surface area contributed by atoms with Crippen LogP contribution < -0.4 is 4.74 Å². The van der Waals surface area contributed by atoms with Gasteiger partial charge in [0.2, 0.25) is 9.05 Å². The lowest BCUT2D eigenvalue weighted by atomic mass is 10.1. The molecule has 1 aromatic rings. The van der Waals surface area contributed by atoms with Gasteiger partial charge >= 0.3 is 0 Å². The van der Waals surface area contributed by atoms with Crippen LogP contribution in [0.1, 0.15) is 29.5 Å². The standard InChI is InChI=1S/C13H16ClNO3S/c1-10-7-12(9-15)8-11(2)13(10)18-5-3-4-6-19(14,16)17/h7-8H,3-6H2,1-2H3. The van der Waals surface area contributed by atoms with Crippen molar-refractivity contribution in [1.82, 2.24) is 0 Å². The fourth-order valence-corrected chi connectivity index (χ4v) is 2.67. The Morgan fingerprint density at radius 1 is 1.26 bits per heavy atom. The highest BCUT2D eigenvalue weighted by Crippen LogP contribution is 2.24.